The van der Waals surface area contributed by atoms with Gasteiger partial charge in [0.25, 0.3) is 0 Å². The second-order valence-electron chi connectivity index (χ2n) is 8.75. The summed E-state index contributed by atoms with van der Waals surface area (Å²) in [5.41, 5.74) is 0. The van der Waals surface area contributed by atoms with Crippen LogP contribution >= 0.6 is 9.39 Å². The van der Waals surface area contributed by atoms with Crippen molar-refractivity contribution in [1.82, 2.24) is 10.4 Å². The maximum absolute atomic E-state index is 11.8. The van der Waals surface area contributed by atoms with E-state index < -0.39 is 18.0 Å². The molecule has 0 aromatic rings. The molecule has 1 amide bonds. The lowest BCUT2D eigenvalue weighted by molar-refractivity contribution is -0.139. The van der Waals surface area contributed by atoms with Gasteiger partial charge in [-0.3, -0.25) is 19.5 Å². The number of carboxylic acids is 2. The molecule has 2 unspecified atom stereocenters. The summed E-state index contributed by atoms with van der Waals surface area (Å²) in [4.78, 5) is 33.1. The Bertz CT molecular complexity index is 491. The molecule has 0 aliphatic rings. The van der Waals surface area contributed by atoms with Gasteiger partial charge >= 0.3 is 11.9 Å². The van der Waals surface area contributed by atoms with Crippen molar-refractivity contribution in [3.63, 3.8) is 0 Å². The standard InChI is InChI=1S/C24H47N2O5P/c27-22(25-20-16-15-17-21(26-32)24(30)31)18-13-11-9-7-5-3-1-2-4-6-8-10-12-14-19-23(28)29/h21,26H,1-20,32H2,(H,25,27)(H,28,29)(H,30,31). The Morgan fingerprint density at radius 1 is 0.625 bits per heavy atom. The largest absolute Gasteiger partial charge is 0.481 e. The van der Waals surface area contributed by atoms with Gasteiger partial charge in [0.2, 0.25) is 5.91 Å². The summed E-state index contributed by atoms with van der Waals surface area (Å²) in [7, 11) is 2.24. The second kappa shape index (κ2) is 23.0. The van der Waals surface area contributed by atoms with Gasteiger partial charge in [-0.1, -0.05) is 86.4 Å². The third kappa shape index (κ3) is 22.0. The Labute approximate surface area is 197 Å². The lowest BCUT2D eigenvalue weighted by Crippen LogP contribution is -2.30. The first-order valence-electron chi connectivity index (χ1n) is 12.6. The Kier molecular flexibility index (Phi) is 22.1. The molecule has 0 spiro atoms. The predicted octanol–water partition coefficient (Wildman–Crippen LogP) is 5.43. The van der Waals surface area contributed by atoms with Crippen LogP contribution in [0.15, 0.2) is 0 Å². The van der Waals surface area contributed by atoms with E-state index in [1.807, 2.05) is 0 Å². The minimum atomic E-state index is -0.845. The highest BCUT2D eigenvalue weighted by molar-refractivity contribution is 7.13. The Morgan fingerprint density at radius 3 is 1.47 bits per heavy atom. The van der Waals surface area contributed by atoms with Crippen LogP contribution in [0.2, 0.25) is 0 Å². The van der Waals surface area contributed by atoms with Crippen molar-refractivity contribution in [1.29, 1.82) is 0 Å². The summed E-state index contributed by atoms with van der Waals surface area (Å²) in [6.07, 6.45) is 19.5. The molecule has 7 nitrogen and oxygen atoms in total. The molecule has 0 aromatic carbocycles. The average molecular weight is 475 g/mol. The van der Waals surface area contributed by atoms with Gasteiger partial charge in [-0.15, -0.1) is 0 Å². The van der Waals surface area contributed by atoms with Gasteiger partial charge in [0, 0.05) is 19.4 Å². The fourth-order valence-corrected chi connectivity index (χ4v) is 4.06. The van der Waals surface area contributed by atoms with Crippen molar-refractivity contribution in [2.45, 2.75) is 128 Å². The van der Waals surface area contributed by atoms with Crippen molar-refractivity contribution in [2.75, 3.05) is 6.54 Å². The van der Waals surface area contributed by atoms with Crippen LogP contribution in [0.3, 0.4) is 0 Å². The molecule has 0 aliphatic heterocycles. The summed E-state index contributed by atoms with van der Waals surface area (Å²) in [5.74, 6) is -1.43. The number of aliphatic carboxylic acids is 2. The number of amides is 1. The molecule has 0 saturated carbocycles. The molecule has 0 aliphatic carbocycles. The summed E-state index contributed by atoms with van der Waals surface area (Å²) in [6.45, 7) is 0.618. The number of carbonyl (C=O) groups excluding carboxylic acids is 1. The van der Waals surface area contributed by atoms with Gasteiger partial charge in [-0.25, -0.2) is 0 Å². The van der Waals surface area contributed by atoms with Crippen molar-refractivity contribution in [3.05, 3.63) is 0 Å². The van der Waals surface area contributed by atoms with Crippen LogP contribution in [0.1, 0.15) is 122 Å². The van der Waals surface area contributed by atoms with Crippen LogP contribution in [0.4, 0.5) is 0 Å². The smallest absolute Gasteiger partial charge is 0.320 e. The Morgan fingerprint density at radius 2 is 1.06 bits per heavy atom. The molecule has 0 radical (unpaired) electrons. The molecule has 0 bridgehead atoms. The van der Waals surface area contributed by atoms with Crippen LogP contribution in [-0.4, -0.2) is 40.6 Å². The highest BCUT2D eigenvalue weighted by atomic mass is 31.0. The van der Waals surface area contributed by atoms with Crippen LogP contribution in [0.5, 0.6) is 0 Å². The van der Waals surface area contributed by atoms with E-state index in [1.54, 1.807) is 0 Å². The fraction of sp³-hybridized carbons (Fsp3) is 0.875. The summed E-state index contributed by atoms with van der Waals surface area (Å²) in [6, 6.07) is -0.538. The first kappa shape index (κ1) is 30.8. The minimum absolute atomic E-state index is 0.103. The van der Waals surface area contributed by atoms with E-state index in [4.69, 9.17) is 10.2 Å². The van der Waals surface area contributed by atoms with E-state index in [0.717, 1.165) is 44.9 Å². The number of carbonyl (C=O) groups is 3. The van der Waals surface area contributed by atoms with Gasteiger partial charge in [0.05, 0.1) is 0 Å². The van der Waals surface area contributed by atoms with E-state index in [9.17, 15) is 14.4 Å². The topological polar surface area (TPSA) is 116 Å². The number of hydrogen-bond donors (Lipinski definition) is 4. The van der Waals surface area contributed by atoms with Crippen LogP contribution in [-0.2, 0) is 14.4 Å². The molecule has 4 N–H and O–H groups in total. The second-order valence-corrected chi connectivity index (χ2v) is 9.08. The van der Waals surface area contributed by atoms with Gasteiger partial charge in [0.15, 0.2) is 0 Å². The Balaban J connectivity index is 3.26. The third-order valence-corrected chi connectivity index (χ3v) is 6.19. The monoisotopic (exact) mass is 474 g/mol. The Hall–Kier alpha value is -1.20. The molecular weight excluding hydrogens is 427 g/mol. The summed E-state index contributed by atoms with van der Waals surface area (Å²) in [5, 5.41) is 23.1. The van der Waals surface area contributed by atoms with Gasteiger partial charge in [-0.05, 0) is 32.1 Å². The van der Waals surface area contributed by atoms with Gasteiger partial charge in [-0.2, -0.15) is 0 Å². The summed E-state index contributed by atoms with van der Waals surface area (Å²) >= 11 is 0. The van der Waals surface area contributed by atoms with E-state index in [2.05, 4.69) is 19.8 Å². The molecule has 2 atom stereocenters. The maximum Gasteiger partial charge on any atom is 0.320 e. The maximum atomic E-state index is 11.8. The molecule has 188 valence electrons. The summed E-state index contributed by atoms with van der Waals surface area (Å²) < 4.78 is 0. The zero-order valence-electron chi connectivity index (χ0n) is 19.9. The van der Waals surface area contributed by atoms with Crippen molar-refractivity contribution < 1.29 is 24.6 Å². The molecule has 0 fully saturated rings. The fourth-order valence-electron chi connectivity index (χ4n) is 3.75. The van der Waals surface area contributed by atoms with Crippen molar-refractivity contribution in [3.8, 4) is 0 Å². The molecule has 0 heterocycles. The van der Waals surface area contributed by atoms with E-state index in [1.165, 1.54) is 57.8 Å². The number of unbranched alkanes of at least 4 members (excludes halogenated alkanes) is 14. The quantitative estimate of drug-likeness (QED) is 0.109. The molecule has 0 aromatic heterocycles. The predicted molar refractivity (Wildman–Crippen MR) is 133 cm³/mol. The first-order chi connectivity index (χ1) is 15.5. The van der Waals surface area contributed by atoms with Crippen LogP contribution in [0.25, 0.3) is 0 Å². The lowest BCUT2D eigenvalue weighted by atomic mass is 10.0. The van der Waals surface area contributed by atoms with Gasteiger partial charge < -0.3 is 15.5 Å². The average Bonchev–Trinajstić information content (AvgIpc) is 2.75. The highest BCUT2D eigenvalue weighted by Crippen LogP contribution is 2.13. The number of rotatable bonds is 24. The zero-order valence-corrected chi connectivity index (χ0v) is 21.1. The number of nitrogens with one attached hydrogen (secondary N) is 2. The lowest BCUT2D eigenvalue weighted by Gasteiger charge is -2.10. The van der Waals surface area contributed by atoms with Crippen LogP contribution in [0, 0.1) is 0 Å². The normalized spacial score (nSPS) is 11.9. The van der Waals surface area contributed by atoms with E-state index >= 15 is 0 Å². The number of hydrogen-bond acceptors (Lipinski definition) is 4. The zero-order chi connectivity index (χ0) is 23.9. The molecule has 0 rings (SSSR count). The number of carboxylic acid groups (broad SMARTS) is 2. The van der Waals surface area contributed by atoms with Crippen LogP contribution < -0.4 is 10.4 Å². The van der Waals surface area contributed by atoms with Crippen molar-refractivity contribution >= 4 is 27.2 Å². The minimum Gasteiger partial charge on any atom is -0.481 e. The van der Waals surface area contributed by atoms with E-state index in [-0.39, 0.29) is 5.91 Å². The highest BCUT2D eigenvalue weighted by Gasteiger charge is 2.13. The molecular formula is C24H47N2O5P. The SMILES string of the molecule is O=C(O)CCCCCCCCCCCCCCCCC(=O)NCCCCC(NP)C(=O)O. The van der Waals surface area contributed by atoms with E-state index in [0.29, 0.717) is 25.8 Å². The van der Waals surface area contributed by atoms with Crippen molar-refractivity contribution in [2.24, 2.45) is 0 Å². The third-order valence-electron chi connectivity index (χ3n) is 5.79. The van der Waals surface area contributed by atoms with Gasteiger partial charge in [0.1, 0.15) is 6.04 Å². The molecule has 8 heteroatoms. The first-order valence-corrected chi connectivity index (χ1v) is 13.2. The molecule has 0 saturated heterocycles. The molecule has 32 heavy (non-hydrogen) atoms.